The van der Waals surface area contributed by atoms with Crippen molar-refractivity contribution in [3.8, 4) is 17.1 Å². The first-order valence-corrected chi connectivity index (χ1v) is 13.7. The minimum absolute atomic E-state index is 0.123. The van der Waals surface area contributed by atoms with Crippen molar-refractivity contribution in [2.75, 3.05) is 51.3 Å². The lowest BCUT2D eigenvalue weighted by Crippen LogP contribution is -2.89. The van der Waals surface area contributed by atoms with E-state index in [0.717, 1.165) is 37.3 Å². The van der Waals surface area contributed by atoms with Gasteiger partial charge in [-0.2, -0.15) is 13.2 Å². The highest BCUT2D eigenvalue weighted by Gasteiger charge is 2.31. The van der Waals surface area contributed by atoms with Crippen LogP contribution in [0.2, 0.25) is 0 Å². The molecule has 0 saturated carbocycles. The number of halogens is 3. The first-order valence-electron chi connectivity index (χ1n) is 13.7. The molecule has 3 N–H and O–H groups in total. The van der Waals surface area contributed by atoms with E-state index in [-0.39, 0.29) is 12.0 Å². The van der Waals surface area contributed by atoms with Gasteiger partial charge < -0.3 is 29.7 Å². The quantitative estimate of drug-likeness (QED) is 0.321. The number of aromatic nitrogens is 3. The standard InChI is InChI=1S/C26H37F3N8O/c1-18(30-2)33-24(32-17-26(27,28)29)21-16-36-11-12-38-22-13-23(31-14-20(22)25(36)34-21)37-10-6-7-19(37)15-35-8-4-3-5-9-35/h13-14,16,18-19,30H,3-12,15,17H2,1-2H3,(H,32,33)/p+1. The van der Waals surface area contributed by atoms with E-state index in [1.54, 1.807) is 12.4 Å². The number of fused-ring (bicyclic) bond motifs is 3. The van der Waals surface area contributed by atoms with E-state index in [2.05, 4.69) is 20.1 Å². The molecule has 2 unspecified atom stereocenters. The van der Waals surface area contributed by atoms with Gasteiger partial charge in [0.25, 0.3) is 0 Å². The third-order valence-electron chi connectivity index (χ3n) is 7.57. The zero-order valence-corrected chi connectivity index (χ0v) is 22.2. The third-order valence-corrected chi connectivity index (χ3v) is 7.57. The number of aliphatic imine (C=N–C) groups is 1. The molecule has 5 rings (SSSR count). The number of piperidine rings is 1. The van der Waals surface area contributed by atoms with E-state index in [9.17, 15) is 13.2 Å². The second kappa shape index (κ2) is 11.5. The Hall–Kier alpha value is -2.86. The van der Waals surface area contributed by atoms with E-state index in [1.165, 1.54) is 32.4 Å². The van der Waals surface area contributed by atoms with Gasteiger partial charge in [-0.25, -0.2) is 9.97 Å². The fraction of sp³-hybridized carbons (Fsp3) is 0.654. The zero-order valence-electron chi connectivity index (χ0n) is 22.2. The Morgan fingerprint density at radius 2 is 2.03 bits per heavy atom. The first-order chi connectivity index (χ1) is 18.3. The summed E-state index contributed by atoms with van der Waals surface area (Å²) in [6.45, 7) is 5.92. The summed E-state index contributed by atoms with van der Waals surface area (Å²) in [5, 5.41) is 4.91. The second-order valence-corrected chi connectivity index (χ2v) is 10.4. The molecule has 0 aliphatic carbocycles. The van der Waals surface area contributed by atoms with E-state index >= 15 is 0 Å². The molecule has 0 bridgehead atoms. The Balaban J connectivity index is 1.40. The molecule has 2 atom stereocenters. The van der Waals surface area contributed by atoms with E-state index in [0.29, 0.717) is 36.5 Å². The van der Waals surface area contributed by atoms with Crippen LogP contribution in [0.1, 0.15) is 44.7 Å². The van der Waals surface area contributed by atoms with Crippen LogP contribution in [0.25, 0.3) is 11.4 Å². The van der Waals surface area contributed by atoms with Crippen LogP contribution in [0.15, 0.2) is 23.5 Å². The monoisotopic (exact) mass is 535 g/mol. The van der Waals surface area contributed by atoms with E-state index < -0.39 is 12.7 Å². The van der Waals surface area contributed by atoms with Crippen molar-refractivity contribution in [3.05, 3.63) is 24.2 Å². The predicted molar refractivity (Wildman–Crippen MR) is 140 cm³/mol. The lowest BCUT2D eigenvalue weighted by molar-refractivity contribution is -0.663. The number of likely N-dealkylation sites (tertiary alicyclic amines) is 1. The predicted octanol–water partition coefficient (Wildman–Crippen LogP) is 2.23. The summed E-state index contributed by atoms with van der Waals surface area (Å²) in [5.41, 5.74) is 1.10. The topological polar surface area (TPSA) is 87.4 Å². The van der Waals surface area contributed by atoms with Gasteiger partial charge in [-0.3, -0.25) is 4.99 Å². The van der Waals surface area contributed by atoms with Gasteiger partial charge in [-0.1, -0.05) is 6.42 Å². The van der Waals surface area contributed by atoms with Gasteiger partial charge in [0.2, 0.25) is 0 Å². The van der Waals surface area contributed by atoms with Crippen molar-refractivity contribution < 1.29 is 23.2 Å². The number of alkyl halides is 3. The highest BCUT2D eigenvalue weighted by atomic mass is 19.4. The van der Waals surface area contributed by atoms with Crippen molar-refractivity contribution in [1.29, 1.82) is 0 Å². The highest BCUT2D eigenvalue weighted by molar-refractivity contribution is 5.97. The number of nitrogens with one attached hydrogen (secondary N) is 1. The molecule has 0 aromatic carbocycles. The molecule has 2 aromatic heterocycles. The molecule has 2 aromatic rings. The van der Waals surface area contributed by atoms with Crippen LogP contribution in [0, 0.1) is 0 Å². The number of hydrogen-bond acceptors (Lipinski definition) is 6. The molecular weight excluding hydrogens is 497 g/mol. The minimum atomic E-state index is -4.40. The smallest absolute Gasteiger partial charge is 0.408 e. The molecule has 9 nitrogen and oxygen atoms in total. The summed E-state index contributed by atoms with van der Waals surface area (Å²) in [7, 11) is 1.84. The molecule has 5 heterocycles. The summed E-state index contributed by atoms with van der Waals surface area (Å²) in [5.74, 6) is 2.35. The van der Waals surface area contributed by atoms with Crippen LogP contribution in [0.4, 0.5) is 19.0 Å². The average Bonchev–Trinajstić information content (AvgIpc) is 3.50. The first kappa shape index (κ1) is 26.7. The van der Waals surface area contributed by atoms with Crippen molar-refractivity contribution in [2.45, 2.75) is 64.0 Å². The number of amidine groups is 1. The average molecular weight is 536 g/mol. The van der Waals surface area contributed by atoms with Gasteiger partial charge in [0.05, 0.1) is 19.2 Å². The molecule has 2 saturated heterocycles. The number of nitrogens with two attached hydrogens (primary N) is 1. The Labute approximate surface area is 221 Å². The summed E-state index contributed by atoms with van der Waals surface area (Å²) in [6.07, 6.45) is 5.15. The van der Waals surface area contributed by atoms with Gasteiger partial charge >= 0.3 is 6.18 Å². The normalized spacial score (nSPS) is 21.4. The van der Waals surface area contributed by atoms with Gasteiger partial charge in [0, 0.05) is 44.5 Å². The van der Waals surface area contributed by atoms with Crippen LogP contribution in [-0.2, 0) is 6.54 Å². The second-order valence-electron chi connectivity index (χ2n) is 10.4. The number of ether oxygens (including phenoxy) is 1. The molecular formula is C26H38F3N8O+. The fourth-order valence-corrected chi connectivity index (χ4v) is 5.48. The molecule has 0 spiro atoms. The van der Waals surface area contributed by atoms with Crippen LogP contribution >= 0.6 is 0 Å². The maximum Gasteiger partial charge on any atom is 0.408 e. The van der Waals surface area contributed by atoms with Crippen LogP contribution in [0.5, 0.6) is 5.75 Å². The highest BCUT2D eigenvalue weighted by Crippen LogP contribution is 2.36. The molecule has 12 heteroatoms. The molecule has 2 fully saturated rings. The van der Waals surface area contributed by atoms with Gasteiger partial charge in [-0.05, 0) is 38.8 Å². The molecule has 3 aliphatic rings. The Bertz CT molecular complexity index is 1130. The molecule has 208 valence electrons. The number of hydrogen-bond donors (Lipinski definition) is 2. The molecule has 0 amide bonds. The van der Waals surface area contributed by atoms with E-state index in [4.69, 9.17) is 14.7 Å². The molecule has 38 heavy (non-hydrogen) atoms. The number of rotatable bonds is 7. The zero-order chi connectivity index (χ0) is 26.7. The number of anilines is 1. The van der Waals surface area contributed by atoms with Gasteiger partial charge in [0.1, 0.15) is 36.2 Å². The minimum Gasteiger partial charge on any atom is -0.491 e. The van der Waals surface area contributed by atoms with Crippen LogP contribution < -0.4 is 20.3 Å². The maximum absolute atomic E-state index is 13.0. The summed E-state index contributed by atoms with van der Waals surface area (Å²) in [6, 6.07) is 2.44. The lowest BCUT2D eigenvalue weighted by atomic mass is 10.1. The van der Waals surface area contributed by atoms with Gasteiger partial charge in [-0.15, -0.1) is 0 Å². The van der Waals surface area contributed by atoms with Crippen LogP contribution in [-0.4, -0.2) is 90.0 Å². The molecule has 3 aliphatic heterocycles. The number of pyridine rings is 1. The lowest BCUT2D eigenvalue weighted by Gasteiger charge is -2.33. The summed E-state index contributed by atoms with van der Waals surface area (Å²) >= 11 is 0. The third kappa shape index (κ3) is 6.23. The largest absolute Gasteiger partial charge is 0.491 e. The van der Waals surface area contributed by atoms with Crippen molar-refractivity contribution in [1.82, 2.24) is 24.8 Å². The van der Waals surface area contributed by atoms with Crippen molar-refractivity contribution in [2.24, 2.45) is 4.99 Å². The summed E-state index contributed by atoms with van der Waals surface area (Å²) < 4.78 is 46.9. The summed E-state index contributed by atoms with van der Waals surface area (Å²) in [4.78, 5) is 18.3. The number of imidazole rings is 1. The van der Waals surface area contributed by atoms with Crippen LogP contribution in [0.3, 0.4) is 0 Å². The Kier molecular flexibility index (Phi) is 8.08. The Morgan fingerprint density at radius 3 is 2.79 bits per heavy atom. The molecule has 0 radical (unpaired) electrons. The SMILES string of the molecule is C[NH2+]C(C)NC(=NCC(F)(F)F)c1cn2c(n1)-c1cnc(N3CCCC3CN3CCCCC3)cc1OCC2. The van der Waals surface area contributed by atoms with E-state index in [1.807, 2.05) is 29.9 Å². The number of quaternary nitrogens is 1. The van der Waals surface area contributed by atoms with Crippen molar-refractivity contribution >= 4 is 11.7 Å². The maximum atomic E-state index is 13.0. The Morgan fingerprint density at radius 1 is 1.21 bits per heavy atom. The van der Waals surface area contributed by atoms with Crippen molar-refractivity contribution in [3.63, 3.8) is 0 Å². The fourth-order valence-electron chi connectivity index (χ4n) is 5.48. The van der Waals surface area contributed by atoms with Gasteiger partial charge in [0.15, 0.2) is 12.0 Å². The number of nitrogens with zero attached hydrogens (tertiary/aromatic N) is 6.